The Morgan fingerprint density at radius 3 is 2.11 bits per heavy atom. The van der Waals surface area contributed by atoms with Crippen LogP contribution in [0.2, 0.25) is 0 Å². The molecule has 0 aliphatic rings. The van der Waals surface area contributed by atoms with Gasteiger partial charge in [-0.3, -0.25) is 0 Å². The number of nitrogens with zero attached hydrogens (tertiary/aromatic N) is 2. The van der Waals surface area contributed by atoms with Crippen LogP contribution in [0.3, 0.4) is 0 Å². The number of alkyl halides is 3. The zero-order chi connectivity index (χ0) is 25.0. The van der Waals surface area contributed by atoms with Gasteiger partial charge in [-0.05, 0) is 42.2 Å². The molecule has 4 nitrogen and oxygen atoms in total. The number of hydrogen-bond donors (Lipinski definition) is 1. The highest BCUT2D eigenvalue weighted by Crippen LogP contribution is 2.37. The molecule has 0 fully saturated rings. The Hall–Kier alpha value is -3.78. The van der Waals surface area contributed by atoms with Crippen molar-refractivity contribution >= 4 is 0 Å². The minimum absolute atomic E-state index is 0.0381. The summed E-state index contributed by atoms with van der Waals surface area (Å²) in [6.45, 7) is 1.92. The molecule has 0 bridgehead atoms. The Kier molecular flexibility index (Phi) is 7.12. The normalized spacial score (nSPS) is 13.3. The molecule has 1 heterocycles. The van der Waals surface area contributed by atoms with E-state index in [0.29, 0.717) is 16.8 Å². The van der Waals surface area contributed by atoms with Crippen LogP contribution in [-0.4, -0.2) is 22.2 Å². The molecule has 8 heteroatoms. The van der Waals surface area contributed by atoms with Gasteiger partial charge in [-0.25, -0.2) is 14.4 Å². The summed E-state index contributed by atoms with van der Waals surface area (Å²) >= 11 is 0. The Balaban J connectivity index is 1.51. The van der Waals surface area contributed by atoms with Crippen LogP contribution < -0.4 is 10.5 Å². The van der Waals surface area contributed by atoms with Crippen LogP contribution >= 0.6 is 0 Å². The molecule has 2 N–H and O–H groups in total. The van der Waals surface area contributed by atoms with Crippen molar-refractivity contribution in [1.29, 1.82) is 0 Å². The van der Waals surface area contributed by atoms with E-state index in [-0.39, 0.29) is 17.5 Å². The third kappa shape index (κ3) is 6.22. The van der Waals surface area contributed by atoms with Gasteiger partial charge in [0.15, 0.2) is 0 Å². The number of ether oxygens (including phenoxy) is 1. The zero-order valence-corrected chi connectivity index (χ0v) is 18.8. The van der Waals surface area contributed by atoms with Crippen molar-refractivity contribution in [3.05, 3.63) is 102 Å². The van der Waals surface area contributed by atoms with Crippen molar-refractivity contribution in [2.45, 2.75) is 31.7 Å². The molecule has 4 rings (SSSR count). The van der Waals surface area contributed by atoms with Gasteiger partial charge in [-0.15, -0.1) is 0 Å². The first-order chi connectivity index (χ1) is 16.7. The lowest BCUT2D eigenvalue weighted by molar-refractivity contribution is -0.198. The molecule has 0 saturated heterocycles. The summed E-state index contributed by atoms with van der Waals surface area (Å²) in [5, 5.41) is 0. The van der Waals surface area contributed by atoms with Gasteiger partial charge in [0, 0.05) is 17.2 Å². The van der Waals surface area contributed by atoms with Crippen molar-refractivity contribution in [3.63, 3.8) is 0 Å². The molecule has 2 atom stereocenters. The fourth-order valence-electron chi connectivity index (χ4n) is 3.67. The van der Waals surface area contributed by atoms with Crippen molar-refractivity contribution in [1.82, 2.24) is 9.97 Å². The number of nitrogens with two attached hydrogens (primary N) is 1. The van der Waals surface area contributed by atoms with Crippen LogP contribution in [0.25, 0.3) is 22.4 Å². The molecule has 35 heavy (non-hydrogen) atoms. The van der Waals surface area contributed by atoms with Gasteiger partial charge >= 0.3 is 6.18 Å². The summed E-state index contributed by atoms with van der Waals surface area (Å²) in [7, 11) is 0. The van der Waals surface area contributed by atoms with Gasteiger partial charge in [-0.2, -0.15) is 13.2 Å². The molecular formula is C27H23F4N3O. The summed E-state index contributed by atoms with van der Waals surface area (Å²) in [5.74, 6) is -0.676. The quantitative estimate of drug-likeness (QED) is 0.305. The summed E-state index contributed by atoms with van der Waals surface area (Å²) < 4.78 is 60.1. The fourth-order valence-corrected chi connectivity index (χ4v) is 3.67. The van der Waals surface area contributed by atoms with Gasteiger partial charge in [-0.1, -0.05) is 60.7 Å². The van der Waals surface area contributed by atoms with E-state index in [1.165, 1.54) is 54.9 Å². The monoisotopic (exact) mass is 481 g/mol. The average Bonchev–Trinajstić information content (AvgIpc) is 2.83. The third-order valence-corrected chi connectivity index (χ3v) is 5.34. The first-order valence-corrected chi connectivity index (χ1v) is 11.0. The molecule has 0 aliphatic heterocycles. The summed E-state index contributed by atoms with van der Waals surface area (Å²) in [5.41, 5.74) is 9.22. The topological polar surface area (TPSA) is 61.0 Å². The number of hydrogen-bond acceptors (Lipinski definition) is 4. The second kappa shape index (κ2) is 10.2. The predicted octanol–water partition coefficient (Wildman–Crippen LogP) is 6.52. The van der Waals surface area contributed by atoms with Gasteiger partial charge in [0.05, 0.1) is 18.1 Å². The van der Waals surface area contributed by atoms with Crippen LogP contribution in [-0.2, 0) is 6.42 Å². The molecule has 1 aromatic heterocycles. The lowest BCUT2D eigenvalue weighted by atomic mass is 10.0. The van der Waals surface area contributed by atoms with E-state index in [1.54, 1.807) is 6.07 Å². The van der Waals surface area contributed by atoms with Crippen LogP contribution in [0.1, 0.15) is 24.2 Å². The molecule has 4 aromatic rings. The van der Waals surface area contributed by atoms with E-state index >= 15 is 0 Å². The van der Waals surface area contributed by atoms with E-state index in [9.17, 15) is 17.6 Å². The molecule has 180 valence electrons. The lowest BCUT2D eigenvalue weighted by Gasteiger charge is -2.21. The molecule has 1 unspecified atom stereocenters. The first-order valence-electron chi connectivity index (χ1n) is 11.0. The Morgan fingerprint density at radius 2 is 1.54 bits per heavy atom. The van der Waals surface area contributed by atoms with Crippen molar-refractivity contribution in [3.8, 4) is 28.3 Å². The van der Waals surface area contributed by atoms with Crippen LogP contribution in [0.5, 0.6) is 5.88 Å². The van der Waals surface area contributed by atoms with E-state index in [4.69, 9.17) is 10.5 Å². The maximum Gasteiger partial charge on any atom is 0.429 e. The second-order valence-electron chi connectivity index (χ2n) is 8.29. The Morgan fingerprint density at radius 1 is 0.857 bits per heavy atom. The molecular weight excluding hydrogens is 458 g/mol. The highest BCUT2D eigenvalue weighted by atomic mass is 19.4. The standard InChI is InChI=1S/C27H23F4N3O/c1-17(32)13-18-5-7-20(8-6-18)24-15-34-25(16-33-24)35-26(27(29,30)31)21-11-9-19(10-12-21)22-3-2-4-23(28)14-22/h2-12,14-17,26H,13,32H2,1H3/t17-,26?/m0/s1. The van der Waals surface area contributed by atoms with Crippen LogP contribution in [0, 0.1) is 5.82 Å². The van der Waals surface area contributed by atoms with Gasteiger partial charge in [0.1, 0.15) is 5.82 Å². The number of rotatable bonds is 7. The highest BCUT2D eigenvalue weighted by molar-refractivity contribution is 5.63. The molecule has 0 saturated carbocycles. The second-order valence-corrected chi connectivity index (χ2v) is 8.29. The Bertz CT molecular complexity index is 1260. The maximum atomic E-state index is 13.8. The van der Waals surface area contributed by atoms with Crippen molar-refractivity contribution in [2.75, 3.05) is 0 Å². The number of benzene rings is 3. The van der Waals surface area contributed by atoms with Gasteiger partial charge < -0.3 is 10.5 Å². The number of aromatic nitrogens is 2. The Labute approximate surface area is 200 Å². The minimum Gasteiger partial charge on any atom is -0.459 e. The van der Waals surface area contributed by atoms with Crippen LogP contribution in [0.15, 0.2) is 85.2 Å². The SMILES string of the molecule is C[C@H](N)Cc1ccc(-c2cnc(OC(c3ccc(-c4cccc(F)c4)cc3)C(F)(F)F)cn2)cc1. The lowest BCUT2D eigenvalue weighted by Crippen LogP contribution is -2.26. The van der Waals surface area contributed by atoms with E-state index < -0.39 is 18.1 Å². The first kappa shape index (κ1) is 24.3. The molecule has 0 radical (unpaired) electrons. The summed E-state index contributed by atoms with van der Waals surface area (Å²) in [4.78, 5) is 8.25. The van der Waals surface area contributed by atoms with Crippen LogP contribution in [0.4, 0.5) is 17.6 Å². The molecule has 0 aliphatic carbocycles. The summed E-state index contributed by atoms with van der Waals surface area (Å²) in [6.07, 6.45) is -3.64. The van der Waals surface area contributed by atoms with E-state index in [2.05, 4.69) is 9.97 Å². The van der Waals surface area contributed by atoms with E-state index in [0.717, 1.165) is 17.5 Å². The largest absolute Gasteiger partial charge is 0.459 e. The predicted molar refractivity (Wildman–Crippen MR) is 126 cm³/mol. The third-order valence-electron chi connectivity index (χ3n) is 5.34. The van der Waals surface area contributed by atoms with E-state index in [1.807, 2.05) is 31.2 Å². The smallest absolute Gasteiger partial charge is 0.429 e. The van der Waals surface area contributed by atoms with Gasteiger partial charge in [0.25, 0.3) is 0 Å². The number of halogens is 4. The average molecular weight is 481 g/mol. The minimum atomic E-state index is -4.68. The van der Waals surface area contributed by atoms with Crippen molar-refractivity contribution in [2.24, 2.45) is 5.73 Å². The molecule has 0 amide bonds. The van der Waals surface area contributed by atoms with Gasteiger partial charge in [0.2, 0.25) is 12.0 Å². The fraction of sp³-hybridized carbons (Fsp3) is 0.185. The molecule has 0 spiro atoms. The van der Waals surface area contributed by atoms with Crippen molar-refractivity contribution < 1.29 is 22.3 Å². The maximum absolute atomic E-state index is 13.8. The summed E-state index contributed by atoms with van der Waals surface area (Å²) in [6, 6.07) is 19.1. The highest BCUT2D eigenvalue weighted by Gasteiger charge is 2.43. The zero-order valence-electron chi connectivity index (χ0n) is 18.8. The molecule has 3 aromatic carbocycles.